The lowest BCUT2D eigenvalue weighted by Gasteiger charge is -2.45. The number of hydrogen-bond donors (Lipinski definition) is 0. The van der Waals surface area contributed by atoms with E-state index in [2.05, 4.69) is 178 Å². The van der Waals surface area contributed by atoms with Crippen LogP contribution in [0.4, 0.5) is 17.1 Å². The number of hydrogen-bond acceptors (Lipinski definition) is 4. The van der Waals surface area contributed by atoms with Crippen LogP contribution in [0.3, 0.4) is 0 Å². The summed E-state index contributed by atoms with van der Waals surface area (Å²) in [5, 5.41) is 7.73. The van der Waals surface area contributed by atoms with E-state index >= 15 is 0 Å². The molecule has 0 N–H and O–H groups in total. The first-order valence-corrected chi connectivity index (χ1v) is 21.6. The van der Waals surface area contributed by atoms with E-state index in [1.165, 1.54) is 37.5 Å². The summed E-state index contributed by atoms with van der Waals surface area (Å²) in [5.74, 6) is 2.33. The second-order valence-electron chi connectivity index (χ2n) is 14.6. The highest BCUT2D eigenvalue weighted by atomic mass is 28.3. The van der Waals surface area contributed by atoms with E-state index in [9.17, 15) is 0 Å². The first kappa shape index (κ1) is 33.8. The predicted molar refractivity (Wildman–Crippen MR) is 240 cm³/mol. The van der Waals surface area contributed by atoms with Gasteiger partial charge >= 0.3 is 0 Å². The van der Waals surface area contributed by atoms with Crippen LogP contribution in [0.5, 0.6) is 11.5 Å². The second kappa shape index (κ2) is 13.9. The third kappa shape index (κ3) is 5.30. The molecule has 5 nitrogen and oxygen atoms in total. The van der Waals surface area contributed by atoms with E-state index in [0.29, 0.717) is 0 Å². The molecule has 0 aliphatic carbocycles. The van der Waals surface area contributed by atoms with Crippen LogP contribution < -0.4 is 30.4 Å². The predicted octanol–water partition coefficient (Wildman–Crippen LogP) is 10.2. The molecule has 0 saturated carbocycles. The quantitative estimate of drug-likeness (QED) is 0.152. The number of rotatable bonds is 7. The van der Waals surface area contributed by atoms with E-state index in [-0.39, 0.29) is 0 Å². The first-order valence-electron chi connectivity index (χ1n) is 19.6. The van der Waals surface area contributed by atoms with Crippen LogP contribution in [0, 0.1) is 0 Å². The lowest BCUT2D eigenvalue weighted by molar-refractivity contribution is 0.483. The van der Waals surface area contributed by atoms with E-state index in [1.54, 1.807) is 0 Å². The minimum atomic E-state index is -3.05. The van der Waals surface area contributed by atoms with Gasteiger partial charge in [-0.2, -0.15) is 0 Å². The van der Waals surface area contributed by atoms with Crippen molar-refractivity contribution in [2.45, 2.75) is 0 Å². The van der Waals surface area contributed by atoms with Gasteiger partial charge in [0.25, 0.3) is 0 Å². The third-order valence-electron chi connectivity index (χ3n) is 11.4. The molecule has 0 atom stereocenters. The molecule has 4 heterocycles. The van der Waals surface area contributed by atoms with Crippen LogP contribution in [0.15, 0.2) is 219 Å². The van der Waals surface area contributed by atoms with Crippen molar-refractivity contribution in [3.8, 4) is 28.6 Å². The number of fused-ring (bicyclic) bond motifs is 6. The number of aromatic nitrogens is 3. The van der Waals surface area contributed by atoms with Gasteiger partial charge in [-0.3, -0.25) is 9.55 Å². The number of pyridine rings is 2. The highest BCUT2D eigenvalue weighted by molar-refractivity contribution is 7.22. The molecule has 0 saturated heterocycles. The summed E-state index contributed by atoms with van der Waals surface area (Å²) in [6.07, 6.45) is 3.69. The maximum atomic E-state index is 6.69. The van der Waals surface area contributed by atoms with Crippen LogP contribution in [0.2, 0.25) is 0 Å². The Labute approximate surface area is 337 Å². The Morgan fingerprint density at radius 1 is 0.466 bits per heavy atom. The number of anilines is 3. The van der Waals surface area contributed by atoms with Crippen LogP contribution in [0.1, 0.15) is 0 Å². The molecule has 1 aliphatic heterocycles. The smallest absolute Gasteiger partial charge is 0.184 e. The van der Waals surface area contributed by atoms with Gasteiger partial charge in [0, 0.05) is 51.9 Å². The largest absolute Gasteiger partial charge is 0.457 e. The van der Waals surface area contributed by atoms with Crippen molar-refractivity contribution in [3.05, 3.63) is 219 Å². The van der Waals surface area contributed by atoms with Crippen molar-refractivity contribution >= 4 is 67.7 Å². The standard InChI is InChI=1S/C52H36N4OSi/c1-4-18-38(19-5-1)55-45-26-10-11-27-49(45)58(41-21-6-2-7-22-41,42-23-8-3-9-24-42)52-47(55)32-31-46-51(52)43-30-29-40(36-48(43)56(46)50-28-13-15-34-54-50)57-39-20-16-17-37(35-39)44-25-12-14-33-53-44/h1-36H. The maximum absolute atomic E-state index is 6.69. The van der Waals surface area contributed by atoms with Gasteiger partial charge in [0.15, 0.2) is 8.07 Å². The molecule has 274 valence electrons. The fourth-order valence-electron chi connectivity index (χ4n) is 9.08. The lowest BCUT2D eigenvalue weighted by Crippen LogP contribution is -2.77. The van der Waals surface area contributed by atoms with Gasteiger partial charge in [-0.25, -0.2) is 4.98 Å². The molecule has 0 bridgehead atoms. The zero-order valence-corrected chi connectivity index (χ0v) is 32.5. The highest BCUT2D eigenvalue weighted by Gasteiger charge is 2.50. The van der Waals surface area contributed by atoms with Gasteiger partial charge < -0.3 is 9.64 Å². The Morgan fingerprint density at radius 2 is 1.14 bits per heavy atom. The Morgan fingerprint density at radius 3 is 1.86 bits per heavy atom. The first-order chi connectivity index (χ1) is 28.8. The van der Waals surface area contributed by atoms with Gasteiger partial charge in [-0.15, -0.1) is 0 Å². The second-order valence-corrected chi connectivity index (χ2v) is 18.3. The summed E-state index contributed by atoms with van der Waals surface area (Å²) in [6, 6.07) is 73.6. The van der Waals surface area contributed by atoms with Gasteiger partial charge in [0.2, 0.25) is 0 Å². The SMILES string of the molecule is c1ccc(N2c3ccccc3[Si](c3ccccc3)(c3ccccc3)c3c2ccc2c3c3ccc(Oc4cccc(-c5ccccn5)c4)cc3n2-c2ccccn2)cc1. The molecular formula is C52H36N4OSi. The van der Waals surface area contributed by atoms with Crippen molar-refractivity contribution in [2.24, 2.45) is 0 Å². The minimum Gasteiger partial charge on any atom is -0.457 e. The van der Waals surface area contributed by atoms with Gasteiger partial charge in [0.05, 0.1) is 16.7 Å². The normalized spacial score (nSPS) is 12.9. The Bertz CT molecular complexity index is 3040. The molecule has 10 aromatic rings. The monoisotopic (exact) mass is 760 g/mol. The van der Waals surface area contributed by atoms with Crippen LogP contribution in [-0.4, -0.2) is 22.6 Å². The summed E-state index contributed by atoms with van der Waals surface area (Å²) < 4.78 is 9.00. The molecule has 7 aromatic carbocycles. The molecule has 3 aromatic heterocycles. The molecule has 0 unspecified atom stereocenters. The average Bonchev–Trinajstić information content (AvgIpc) is 3.63. The van der Waals surface area contributed by atoms with E-state index in [1.807, 2.05) is 54.9 Å². The van der Waals surface area contributed by atoms with Gasteiger partial charge in [-0.05, 0) is 99.6 Å². The molecule has 0 fully saturated rings. The lowest BCUT2D eigenvalue weighted by atomic mass is 10.1. The Kier molecular flexibility index (Phi) is 8.08. The fourth-order valence-corrected chi connectivity index (χ4v) is 14.4. The Balaban J connectivity index is 1.25. The average molecular weight is 761 g/mol. The van der Waals surface area contributed by atoms with Crippen molar-refractivity contribution in [3.63, 3.8) is 0 Å². The molecule has 1 aliphatic rings. The van der Waals surface area contributed by atoms with E-state index < -0.39 is 8.07 Å². The van der Waals surface area contributed by atoms with Crippen molar-refractivity contribution in [2.75, 3.05) is 4.90 Å². The topological polar surface area (TPSA) is 43.2 Å². The fraction of sp³-hybridized carbons (Fsp3) is 0. The molecule has 0 radical (unpaired) electrons. The molecule has 11 rings (SSSR count). The summed E-state index contributed by atoms with van der Waals surface area (Å²) in [6.45, 7) is 0. The molecule has 58 heavy (non-hydrogen) atoms. The number of para-hydroxylation sites is 2. The minimum absolute atomic E-state index is 0.741. The zero-order chi connectivity index (χ0) is 38.5. The highest BCUT2D eigenvalue weighted by Crippen LogP contribution is 2.43. The van der Waals surface area contributed by atoms with Crippen molar-refractivity contribution in [1.29, 1.82) is 0 Å². The number of nitrogens with zero attached hydrogens (tertiary/aromatic N) is 4. The van der Waals surface area contributed by atoms with E-state index in [4.69, 9.17) is 9.72 Å². The zero-order valence-electron chi connectivity index (χ0n) is 31.5. The number of benzene rings is 7. The maximum Gasteiger partial charge on any atom is 0.184 e. The molecule has 6 heteroatoms. The van der Waals surface area contributed by atoms with Crippen LogP contribution in [0.25, 0.3) is 38.9 Å². The Hall–Kier alpha value is -7.54. The van der Waals surface area contributed by atoms with Crippen LogP contribution in [-0.2, 0) is 0 Å². The van der Waals surface area contributed by atoms with Crippen molar-refractivity contribution < 1.29 is 4.74 Å². The molecule has 0 spiro atoms. The van der Waals surface area contributed by atoms with Gasteiger partial charge in [0.1, 0.15) is 17.3 Å². The van der Waals surface area contributed by atoms with Crippen molar-refractivity contribution in [1.82, 2.24) is 14.5 Å². The van der Waals surface area contributed by atoms with E-state index in [0.717, 1.165) is 50.7 Å². The van der Waals surface area contributed by atoms with Gasteiger partial charge in [-0.1, -0.05) is 121 Å². The summed E-state index contributed by atoms with van der Waals surface area (Å²) in [4.78, 5) is 12.0. The summed E-state index contributed by atoms with van der Waals surface area (Å²) in [5.41, 5.74) is 7.53. The summed E-state index contributed by atoms with van der Waals surface area (Å²) >= 11 is 0. The number of ether oxygens (including phenoxy) is 1. The van der Waals surface area contributed by atoms with Crippen LogP contribution >= 0.6 is 0 Å². The third-order valence-corrected chi connectivity index (χ3v) is 16.3. The molecule has 0 amide bonds. The summed E-state index contributed by atoms with van der Waals surface area (Å²) in [7, 11) is -3.05. The molecular weight excluding hydrogens is 725 g/mol.